The van der Waals surface area contributed by atoms with Crippen molar-refractivity contribution in [3.8, 4) is 0 Å². The standard InChI is InChI=1S/C23H25N5O3/c1-4-15-5-9-17(10-6-15)24-19(29)13-27-21-20(25-26-27)22(30)28(23(21)31)18-11-7-16(8-12-18)14(2)3/h5-12,14,20-21H,4,13H2,1-3H3,(H,24,29)/t20-,21-/m1/s1. The summed E-state index contributed by atoms with van der Waals surface area (Å²) < 4.78 is 0. The van der Waals surface area contributed by atoms with E-state index in [0.29, 0.717) is 17.3 Å². The van der Waals surface area contributed by atoms with Gasteiger partial charge in [-0.25, -0.2) is 4.90 Å². The highest BCUT2D eigenvalue weighted by Crippen LogP contribution is 2.32. The molecule has 2 heterocycles. The molecule has 2 aromatic carbocycles. The molecule has 2 aromatic rings. The molecule has 3 amide bonds. The Morgan fingerprint density at radius 1 is 1.03 bits per heavy atom. The van der Waals surface area contributed by atoms with E-state index in [9.17, 15) is 14.4 Å². The number of nitrogens with one attached hydrogen (secondary N) is 1. The summed E-state index contributed by atoms with van der Waals surface area (Å²) >= 11 is 0. The number of amides is 3. The maximum Gasteiger partial charge on any atom is 0.263 e. The van der Waals surface area contributed by atoms with E-state index in [1.807, 2.05) is 36.4 Å². The third-order valence-corrected chi connectivity index (χ3v) is 5.63. The molecule has 8 heteroatoms. The fraction of sp³-hybridized carbons (Fsp3) is 0.348. The molecule has 0 unspecified atom stereocenters. The fourth-order valence-corrected chi connectivity index (χ4v) is 3.79. The maximum atomic E-state index is 13.0. The van der Waals surface area contributed by atoms with Gasteiger partial charge in [0.25, 0.3) is 11.8 Å². The van der Waals surface area contributed by atoms with E-state index in [4.69, 9.17) is 0 Å². The van der Waals surface area contributed by atoms with Gasteiger partial charge in [-0.15, -0.1) is 0 Å². The highest BCUT2D eigenvalue weighted by molar-refractivity contribution is 6.25. The van der Waals surface area contributed by atoms with Crippen molar-refractivity contribution >= 4 is 29.1 Å². The van der Waals surface area contributed by atoms with Crippen molar-refractivity contribution in [2.24, 2.45) is 10.3 Å². The van der Waals surface area contributed by atoms with Gasteiger partial charge >= 0.3 is 0 Å². The molecule has 0 saturated carbocycles. The van der Waals surface area contributed by atoms with E-state index >= 15 is 0 Å². The van der Waals surface area contributed by atoms with Crippen LogP contribution in [0.1, 0.15) is 37.8 Å². The topological polar surface area (TPSA) is 94.4 Å². The Morgan fingerprint density at radius 2 is 1.71 bits per heavy atom. The van der Waals surface area contributed by atoms with Crippen LogP contribution in [0.4, 0.5) is 11.4 Å². The molecule has 2 aliphatic heterocycles. The molecule has 160 valence electrons. The number of aryl methyl sites for hydroxylation is 1. The number of nitrogens with zero attached hydrogens (tertiary/aromatic N) is 4. The summed E-state index contributed by atoms with van der Waals surface area (Å²) in [5.74, 6) is -0.824. The number of carbonyl (C=O) groups excluding carboxylic acids is 3. The minimum atomic E-state index is -0.922. The van der Waals surface area contributed by atoms with E-state index in [1.165, 1.54) is 10.6 Å². The second-order valence-corrected chi connectivity index (χ2v) is 8.05. The Balaban J connectivity index is 1.45. The Bertz CT molecular complexity index is 1030. The molecule has 1 saturated heterocycles. The number of rotatable bonds is 6. The van der Waals surface area contributed by atoms with E-state index in [1.54, 1.807) is 12.1 Å². The van der Waals surface area contributed by atoms with Gasteiger partial charge in [-0.1, -0.05) is 50.3 Å². The highest BCUT2D eigenvalue weighted by atomic mass is 16.2. The molecule has 1 fully saturated rings. The summed E-state index contributed by atoms with van der Waals surface area (Å²) in [5.41, 5.74) is 3.46. The third-order valence-electron chi connectivity index (χ3n) is 5.63. The van der Waals surface area contributed by atoms with E-state index in [-0.39, 0.29) is 12.5 Å². The number of anilines is 2. The number of hydrogen-bond donors (Lipinski definition) is 1. The van der Waals surface area contributed by atoms with Crippen LogP contribution in [-0.2, 0) is 20.8 Å². The monoisotopic (exact) mass is 419 g/mol. The molecular formula is C23H25N5O3. The van der Waals surface area contributed by atoms with Gasteiger partial charge in [0.05, 0.1) is 5.69 Å². The zero-order valence-electron chi connectivity index (χ0n) is 17.8. The smallest absolute Gasteiger partial charge is 0.263 e. The molecule has 0 radical (unpaired) electrons. The van der Waals surface area contributed by atoms with Crippen LogP contribution >= 0.6 is 0 Å². The van der Waals surface area contributed by atoms with Crippen molar-refractivity contribution in [2.75, 3.05) is 16.8 Å². The predicted octanol–water partition coefficient (Wildman–Crippen LogP) is 3.30. The zero-order valence-corrected chi connectivity index (χ0v) is 17.8. The molecule has 0 aromatic heterocycles. The van der Waals surface area contributed by atoms with Crippen LogP contribution in [0.3, 0.4) is 0 Å². The van der Waals surface area contributed by atoms with Crippen molar-refractivity contribution in [3.05, 3.63) is 59.7 Å². The van der Waals surface area contributed by atoms with Crippen LogP contribution in [0.2, 0.25) is 0 Å². The average molecular weight is 419 g/mol. The first-order chi connectivity index (χ1) is 14.9. The van der Waals surface area contributed by atoms with Crippen molar-refractivity contribution < 1.29 is 14.4 Å². The maximum absolute atomic E-state index is 13.0. The first kappa shape index (κ1) is 20.7. The summed E-state index contributed by atoms with van der Waals surface area (Å²) in [6.45, 7) is 6.05. The molecule has 4 rings (SSSR count). The number of carbonyl (C=O) groups is 3. The van der Waals surface area contributed by atoms with Gasteiger partial charge in [0, 0.05) is 5.69 Å². The quantitative estimate of drug-likeness (QED) is 0.727. The Kier molecular flexibility index (Phi) is 5.54. The van der Waals surface area contributed by atoms with Crippen LogP contribution in [0, 0.1) is 0 Å². The molecule has 0 aliphatic carbocycles. The van der Waals surface area contributed by atoms with E-state index in [0.717, 1.165) is 16.9 Å². The summed E-state index contributed by atoms with van der Waals surface area (Å²) in [6.07, 6.45) is 0.915. The van der Waals surface area contributed by atoms with Gasteiger partial charge in [-0.2, -0.15) is 5.11 Å². The normalized spacial score (nSPS) is 20.0. The molecule has 2 aliphatic rings. The summed E-state index contributed by atoms with van der Waals surface area (Å²) in [4.78, 5) is 39.5. The number of hydrogen-bond acceptors (Lipinski definition) is 6. The van der Waals surface area contributed by atoms with Gasteiger partial charge < -0.3 is 5.32 Å². The fourth-order valence-electron chi connectivity index (χ4n) is 3.79. The number of benzene rings is 2. The average Bonchev–Trinajstić information content (AvgIpc) is 3.28. The Morgan fingerprint density at radius 3 is 2.32 bits per heavy atom. The summed E-state index contributed by atoms with van der Waals surface area (Å²) in [5, 5.41) is 12.0. The number of fused-ring (bicyclic) bond motifs is 1. The first-order valence-electron chi connectivity index (χ1n) is 10.4. The minimum Gasteiger partial charge on any atom is -0.324 e. The first-order valence-corrected chi connectivity index (χ1v) is 10.4. The summed E-state index contributed by atoms with van der Waals surface area (Å²) in [6, 6.07) is 13.1. The molecule has 0 bridgehead atoms. The van der Waals surface area contributed by atoms with Gasteiger partial charge in [-0.3, -0.25) is 19.4 Å². The van der Waals surface area contributed by atoms with E-state index < -0.39 is 23.9 Å². The lowest BCUT2D eigenvalue weighted by atomic mass is 10.0. The highest BCUT2D eigenvalue weighted by Gasteiger charge is 2.55. The molecule has 0 spiro atoms. The SMILES string of the molecule is CCc1ccc(NC(=O)CN2N=N[C@H]3C(=O)N(c4ccc(C(C)C)cc4)C(=O)[C@@H]32)cc1. The number of imide groups is 1. The van der Waals surface area contributed by atoms with Crippen molar-refractivity contribution in [1.82, 2.24) is 5.01 Å². The van der Waals surface area contributed by atoms with E-state index in [2.05, 4.69) is 36.4 Å². The van der Waals surface area contributed by atoms with Crippen molar-refractivity contribution in [3.63, 3.8) is 0 Å². The lowest BCUT2D eigenvalue weighted by Crippen LogP contribution is -2.43. The lowest BCUT2D eigenvalue weighted by Gasteiger charge is -2.20. The Hall–Kier alpha value is -3.55. The lowest BCUT2D eigenvalue weighted by molar-refractivity contribution is -0.123. The molecule has 8 nitrogen and oxygen atoms in total. The van der Waals surface area contributed by atoms with Gasteiger partial charge in [0.2, 0.25) is 5.91 Å². The second-order valence-electron chi connectivity index (χ2n) is 8.05. The van der Waals surface area contributed by atoms with Crippen molar-refractivity contribution in [1.29, 1.82) is 0 Å². The Labute approximate surface area is 180 Å². The van der Waals surface area contributed by atoms with Crippen LogP contribution in [0.5, 0.6) is 0 Å². The minimum absolute atomic E-state index is 0.167. The van der Waals surface area contributed by atoms with Crippen LogP contribution in [0.25, 0.3) is 0 Å². The van der Waals surface area contributed by atoms with Gasteiger partial charge in [0.1, 0.15) is 6.54 Å². The molecule has 2 atom stereocenters. The predicted molar refractivity (Wildman–Crippen MR) is 117 cm³/mol. The molecular weight excluding hydrogens is 394 g/mol. The third kappa shape index (κ3) is 3.93. The van der Waals surface area contributed by atoms with Crippen LogP contribution in [0.15, 0.2) is 58.9 Å². The van der Waals surface area contributed by atoms with Gasteiger partial charge in [0.15, 0.2) is 12.1 Å². The van der Waals surface area contributed by atoms with Gasteiger partial charge in [-0.05, 0) is 47.7 Å². The molecule has 31 heavy (non-hydrogen) atoms. The van der Waals surface area contributed by atoms with Crippen molar-refractivity contribution in [2.45, 2.75) is 45.2 Å². The summed E-state index contributed by atoms with van der Waals surface area (Å²) in [7, 11) is 0. The van der Waals surface area contributed by atoms with Crippen LogP contribution in [-0.4, -0.2) is 41.4 Å². The largest absolute Gasteiger partial charge is 0.324 e. The molecule has 1 N–H and O–H groups in total. The van der Waals surface area contributed by atoms with Crippen LogP contribution < -0.4 is 10.2 Å². The second kappa shape index (κ2) is 8.29. The zero-order chi connectivity index (χ0) is 22.1.